The molecule has 0 fully saturated rings. The Morgan fingerprint density at radius 1 is 0.625 bits per heavy atom. The molecule has 0 bridgehead atoms. The number of amides is 1. The molecule has 8 nitrogen and oxygen atoms in total. The van der Waals surface area contributed by atoms with Crippen molar-refractivity contribution in [3.8, 4) is 0 Å². The van der Waals surface area contributed by atoms with Crippen LogP contribution in [-0.2, 0) is 18.4 Å². The van der Waals surface area contributed by atoms with Crippen LogP contribution in [0.4, 0.5) is 0 Å². The van der Waals surface area contributed by atoms with Gasteiger partial charge in [-0.15, -0.1) is 0 Å². The summed E-state index contributed by atoms with van der Waals surface area (Å²) in [5.74, 6) is -0.258. The quantitative estimate of drug-likeness (QED) is 0.0255. The van der Waals surface area contributed by atoms with E-state index in [1.165, 1.54) is 0 Å². The number of carbonyl (C=O) groups excluding carboxylic acids is 1. The van der Waals surface area contributed by atoms with Crippen molar-refractivity contribution in [3.05, 3.63) is 122 Å². The predicted octanol–water partition coefficient (Wildman–Crippen LogP) is 11.5. The van der Waals surface area contributed by atoms with Gasteiger partial charge in [0.1, 0.15) is 13.2 Å². The fourth-order valence-electron chi connectivity index (χ4n) is 4.83. The summed E-state index contributed by atoms with van der Waals surface area (Å²) in [5, 5.41) is 13.7. The number of rotatable bonds is 35. The number of aliphatic hydroxyl groups is 1. The van der Waals surface area contributed by atoms with E-state index in [1.54, 1.807) is 6.08 Å². The number of likely N-dealkylation sites (N-methyl/N-ethyl adjacent to an activating group) is 1. The van der Waals surface area contributed by atoms with Crippen LogP contribution in [0.25, 0.3) is 0 Å². The van der Waals surface area contributed by atoms with Gasteiger partial charge in [-0.25, -0.2) is 4.57 Å². The normalized spacial score (nSPS) is 15.6. The number of phosphoric acid groups is 1. The van der Waals surface area contributed by atoms with Gasteiger partial charge in [0.05, 0.1) is 39.9 Å². The first-order valence-electron chi connectivity index (χ1n) is 20.9. The average Bonchev–Trinajstić information content (AvgIpc) is 3.15. The Kier molecular flexibility index (Phi) is 35.4. The molecule has 0 aromatic rings. The van der Waals surface area contributed by atoms with Crippen LogP contribution in [-0.4, -0.2) is 73.4 Å². The lowest BCUT2D eigenvalue weighted by Gasteiger charge is -2.25. The summed E-state index contributed by atoms with van der Waals surface area (Å²) in [6.45, 7) is 4.50. The van der Waals surface area contributed by atoms with E-state index in [2.05, 4.69) is 129 Å². The molecule has 3 atom stereocenters. The second-order valence-corrected chi connectivity index (χ2v) is 16.1. The van der Waals surface area contributed by atoms with E-state index in [9.17, 15) is 19.4 Å². The summed E-state index contributed by atoms with van der Waals surface area (Å²) in [6.07, 6.45) is 55.7. The summed E-state index contributed by atoms with van der Waals surface area (Å²) < 4.78 is 23.4. The Morgan fingerprint density at radius 3 is 1.52 bits per heavy atom. The highest BCUT2D eigenvalue weighted by Crippen LogP contribution is 2.43. The van der Waals surface area contributed by atoms with Crippen LogP contribution in [0.3, 0.4) is 0 Å². The number of unbranched alkanes of at least 4 members (excludes halogenated alkanes) is 4. The SMILES string of the molecule is CC/C=C\C/C=C\C/C=C\C/C=C\C/C=C\C/C=C\C/C=C\CCCC(=O)NC(COP(=O)(O)OCC[N+](C)(C)C)C(O)/C=C/CC/C=C/CC/C=C/CCC. The monoisotopic (exact) mass is 798 g/mol. The Hall–Kier alpha value is -3.10. The smallest absolute Gasteiger partial charge is 0.387 e. The van der Waals surface area contributed by atoms with Crippen LogP contribution >= 0.6 is 7.82 Å². The number of hydrogen-bond acceptors (Lipinski definition) is 5. The minimum Gasteiger partial charge on any atom is -0.387 e. The Morgan fingerprint density at radius 2 is 1.05 bits per heavy atom. The molecule has 0 aliphatic heterocycles. The van der Waals surface area contributed by atoms with Crippen LogP contribution in [0.2, 0.25) is 0 Å². The number of nitrogens with zero attached hydrogens (tertiary/aromatic N) is 1. The Bertz CT molecular complexity index is 1320. The number of allylic oxidation sites excluding steroid dienone is 19. The minimum absolute atomic E-state index is 0.0346. The number of phosphoric ester groups is 1. The van der Waals surface area contributed by atoms with Gasteiger partial charge in [-0.05, 0) is 89.9 Å². The van der Waals surface area contributed by atoms with Gasteiger partial charge in [0, 0.05) is 6.42 Å². The first-order chi connectivity index (χ1) is 27.0. The van der Waals surface area contributed by atoms with Gasteiger partial charge >= 0.3 is 7.82 Å². The number of hydrogen-bond donors (Lipinski definition) is 3. The Labute approximate surface area is 342 Å². The first-order valence-corrected chi connectivity index (χ1v) is 22.4. The molecule has 0 saturated heterocycles. The zero-order chi connectivity index (χ0) is 41.4. The lowest BCUT2D eigenvalue weighted by molar-refractivity contribution is -0.870. The van der Waals surface area contributed by atoms with Crippen LogP contribution in [0, 0.1) is 0 Å². The molecular formula is C47H78N2O6P+. The van der Waals surface area contributed by atoms with Crippen molar-refractivity contribution in [2.45, 2.75) is 129 Å². The fraction of sp³-hybridized carbons (Fsp3) is 0.553. The number of carbonyl (C=O) groups is 1. The molecular weight excluding hydrogens is 719 g/mol. The van der Waals surface area contributed by atoms with E-state index in [0.29, 0.717) is 17.4 Å². The van der Waals surface area contributed by atoms with E-state index >= 15 is 0 Å². The van der Waals surface area contributed by atoms with Gasteiger partial charge in [-0.3, -0.25) is 13.8 Å². The Balaban J connectivity index is 4.59. The second kappa shape index (κ2) is 37.5. The topological polar surface area (TPSA) is 105 Å². The van der Waals surface area contributed by atoms with Crippen molar-refractivity contribution in [1.29, 1.82) is 0 Å². The molecule has 0 saturated carbocycles. The van der Waals surface area contributed by atoms with Gasteiger partial charge in [0.15, 0.2) is 0 Å². The molecule has 0 spiro atoms. The molecule has 0 aromatic carbocycles. The molecule has 56 heavy (non-hydrogen) atoms. The molecule has 0 aliphatic carbocycles. The molecule has 3 unspecified atom stereocenters. The fourth-order valence-corrected chi connectivity index (χ4v) is 5.57. The summed E-state index contributed by atoms with van der Waals surface area (Å²) in [5.41, 5.74) is 0. The van der Waals surface area contributed by atoms with E-state index in [1.807, 2.05) is 27.2 Å². The molecule has 316 valence electrons. The van der Waals surface area contributed by atoms with Crippen molar-refractivity contribution >= 4 is 13.7 Å². The summed E-state index contributed by atoms with van der Waals surface area (Å²) in [7, 11) is 1.48. The maximum atomic E-state index is 12.8. The third kappa shape index (κ3) is 39.1. The maximum Gasteiger partial charge on any atom is 0.472 e. The van der Waals surface area contributed by atoms with Gasteiger partial charge in [-0.1, -0.05) is 142 Å². The molecule has 9 heteroatoms. The minimum atomic E-state index is -4.37. The average molecular weight is 798 g/mol. The third-order valence-electron chi connectivity index (χ3n) is 8.12. The third-order valence-corrected chi connectivity index (χ3v) is 9.11. The van der Waals surface area contributed by atoms with Crippen molar-refractivity contribution in [2.24, 2.45) is 0 Å². The maximum absolute atomic E-state index is 12.8. The van der Waals surface area contributed by atoms with E-state index in [0.717, 1.165) is 89.9 Å². The van der Waals surface area contributed by atoms with Gasteiger partial charge < -0.3 is 19.8 Å². The molecule has 1 amide bonds. The van der Waals surface area contributed by atoms with Crippen molar-refractivity contribution in [1.82, 2.24) is 5.32 Å². The molecule has 0 aromatic heterocycles. The molecule has 0 rings (SSSR count). The van der Waals surface area contributed by atoms with Gasteiger partial charge in [-0.2, -0.15) is 0 Å². The number of nitrogens with one attached hydrogen (secondary N) is 1. The zero-order valence-corrected chi connectivity index (χ0v) is 36.5. The standard InChI is InChI=1S/C47H77N2O6P/c1-6-8-10-12-14-16-18-19-20-21-22-23-24-25-26-27-28-29-31-33-35-37-39-41-47(51)48-45(44-55-56(52,53)54-43-42-49(3,4)5)46(50)40-38-36-34-32-30-17-15-13-11-9-7-2/h8,10-11,13-14,16,19-20,22-23,25-26,28-30,32-33,35,38,40,45-46,50H,6-7,9,12,15,17-18,21,24,27,31,34,36-37,39,41-44H2,1-5H3,(H-,48,51,52,53)/p+1/b10-8-,13-11+,16-14-,20-19-,23-22-,26-25-,29-28-,32-30+,35-33-,40-38+. The predicted molar refractivity (Wildman–Crippen MR) is 239 cm³/mol. The van der Waals surface area contributed by atoms with E-state index in [-0.39, 0.29) is 25.5 Å². The lowest BCUT2D eigenvalue weighted by atomic mass is 10.1. The first kappa shape index (κ1) is 52.9. The second-order valence-electron chi connectivity index (χ2n) is 14.6. The van der Waals surface area contributed by atoms with Crippen molar-refractivity contribution < 1.29 is 32.9 Å². The van der Waals surface area contributed by atoms with Crippen LogP contribution < -0.4 is 5.32 Å². The molecule has 0 aliphatic rings. The summed E-state index contributed by atoms with van der Waals surface area (Å²) >= 11 is 0. The molecule has 3 N–H and O–H groups in total. The zero-order valence-electron chi connectivity index (χ0n) is 35.6. The van der Waals surface area contributed by atoms with E-state index < -0.39 is 20.0 Å². The van der Waals surface area contributed by atoms with E-state index in [4.69, 9.17) is 9.05 Å². The van der Waals surface area contributed by atoms with Gasteiger partial charge in [0.2, 0.25) is 5.91 Å². The van der Waals surface area contributed by atoms with Crippen LogP contribution in [0.1, 0.15) is 117 Å². The van der Waals surface area contributed by atoms with Crippen LogP contribution in [0.15, 0.2) is 122 Å². The highest BCUT2D eigenvalue weighted by Gasteiger charge is 2.27. The summed E-state index contributed by atoms with van der Waals surface area (Å²) in [6, 6.07) is -0.907. The lowest BCUT2D eigenvalue weighted by Crippen LogP contribution is -2.45. The number of aliphatic hydroxyl groups excluding tert-OH is 1. The van der Waals surface area contributed by atoms with Crippen LogP contribution in [0.5, 0.6) is 0 Å². The largest absolute Gasteiger partial charge is 0.472 e. The molecule has 0 heterocycles. The van der Waals surface area contributed by atoms with Crippen molar-refractivity contribution in [3.63, 3.8) is 0 Å². The molecule has 0 radical (unpaired) electrons. The van der Waals surface area contributed by atoms with Gasteiger partial charge in [0.25, 0.3) is 0 Å². The highest BCUT2D eigenvalue weighted by atomic mass is 31.2. The number of quaternary nitrogens is 1. The highest BCUT2D eigenvalue weighted by molar-refractivity contribution is 7.47. The summed E-state index contributed by atoms with van der Waals surface area (Å²) in [4.78, 5) is 23.0. The van der Waals surface area contributed by atoms with Crippen molar-refractivity contribution in [2.75, 3.05) is 40.9 Å².